The van der Waals surface area contributed by atoms with E-state index in [9.17, 15) is 14.9 Å². The fourth-order valence-corrected chi connectivity index (χ4v) is 2.94. The molecule has 1 aliphatic rings. The summed E-state index contributed by atoms with van der Waals surface area (Å²) in [6, 6.07) is 5.94. The van der Waals surface area contributed by atoms with Gasteiger partial charge in [-0.15, -0.1) is 10.2 Å². The SMILES string of the molecule is O=C(NCCc1nnc2n1CCCCC2)c1ccccc1[N+](=O)[O-]. The maximum Gasteiger partial charge on any atom is 0.282 e. The van der Waals surface area contributed by atoms with Crippen molar-refractivity contribution >= 4 is 11.6 Å². The molecule has 2 aromatic rings. The highest BCUT2D eigenvalue weighted by Gasteiger charge is 2.19. The van der Waals surface area contributed by atoms with Crippen molar-refractivity contribution < 1.29 is 9.72 Å². The predicted molar refractivity (Wildman–Crippen MR) is 86.7 cm³/mol. The fourth-order valence-electron chi connectivity index (χ4n) is 2.94. The summed E-state index contributed by atoms with van der Waals surface area (Å²) in [4.78, 5) is 22.6. The molecule has 0 radical (unpaired) electrons. The van der Waals surface area contributed by atoms with Gasteiger partial charge in [0, 0.05) is 32.0 Å². The second kappa shape index (κ2) is 7.20. The number of rotatable bonds is 5. The van der Waals surface area contributed by atoms with E-state index in [1.54, 1.807) is 12.1 Å². The molecular weight excluding hydrogens is 310 g/mol. The van der Waals surface area contributed by atoms with Crippen molar-refractivity contribution in [1.29, 1.82) is 0 Å². The maximum atomic E-state index is 12.2. The minimum absolute atomic E-state index is 0.0718. The van der Waals surface area contributed by atoms with E-state index in [-0.39, 0.29) is 11.3 Å². The second-order valence-corrected chi connectivity index (χ2v) is 5.77. The van der Waals surface area contributed by atoms with E-state index < -0.39 is 10.8 Å². The standard InChI is InChI=1S/C16H19N5O3/c22-16(12-6-3-4-7-13(12)21(23)24)17-10-9-15-19-18-14-8-2-1-5-11-20(14)15/h3-4,6-7H,1-2,5,8-11H2,(H,17,22). The first-order chi connectivity index (χ1) is 11.7. The molecule has 1 aromatic carbocycles. The van der Waals surface area contributed by atoms with Crippen molar-refractivity contribution in [1.82, 2.24) is 20.1 Å². The maximum absolute atomic E-state index is 12.2. The summed E-state index contributed by atoms with van der Waals surface area (Å²) in [6.45, 7) is 1.28. The van der Waals surface area contributed by atoms with Crippen LogP contribution in [-0.2, 0) is 19.4 Å². The third-order valence-corrected chi connectivity index (χ3v) is 4.17. The number of aryl methyl sites for hydroxylation is 1. The summed E-state index contributed by atoms with van der Waals surface area (Å²) >= 11 is 0. The van der Waals surface area contributed by atoms with Crippen LogP contribution in [0.15, 0.2) is 24.3 Å². The van der Waals surface area contributed by atoms with Crippen LogP contribution in [0.4, 0.5) is 5.69 Å². The Labute approximate surface area is 139 Å². The first-order valence-corrected chi connectivity index (χ1v) is 8.09. The normalized spacial score (nSPS) is 13.8. The van der Waals surface area contributed by atoms with Gasteiger partial charge in [0.2, 0.25) is 0 Å². The molecule has 126 valence electrons. The van der Waals surface area contributed by atoms with Crippen molar-refractivity contribution in [3.05, 3.63) is 51.6 Å². The Hall–Kier alpha value is -2.77. The zero-order chi connectivity index (χ0) is 16.9. The van der Waals surface area contributed by atoms with Gasteiger partial charge in [-0.05, 0) is 18.9 Å². The van der Waals surface area contributed by atoms with E-state index >= 15 is 0 Å². The summed E-state index contributed by atoms with van der Waals surface area (Å²) in [5, 5.41) is 22.1. The van der Waals surface area contributed by atoms with Crippen LogP contribution in [0.2, 0.25) is 0 Å². The van der Waals surface area contributed by atoms with Crippen LogP contribution in [0, 0.1) is 10.1 Å². The zero-order valence-corrected chi connectivity index (χ0v) is 13.3. The van der Waals surface area contributed by atoms with E-state index in [1.165, 1.54) is 18.6 Å². The Morgan fingerprint density at radius 2 is 2.08 bits per heavy atom. The highest BCUT2D eigenvalue weighted by molar-refractivity contribution is 5.98. The van der Waals surface area contributed by atoms with E-state index in [0.717, 1.165) is 37.5 Å². The van der Waals surface area contributed by atoms with Crippen molar-refractivity contribution in [2.24, 2.45) is 0 Å². The lowest BCUT2D eigenvalue weighted by atomic mass is 10.1. The molecule has 0 fully saturated rings. The lowest BCUT2D eigenvalue weighted by Crippen LogP contribution is -2.27. The van der Waals surface area contributed by atoms with Gasteiger partial charge in [-0.3, -0.25) is 14.9 Å². The summed E-state index contributed by atoms with van der Waals surface area (Å²) in [5.74, 6) is 1.42. The summed E-state index contributed by atoms with van der Waals surface area (Å²) in [6.07, 6.45) is 4.93. The van der Waals surface area contributed by atoms with Crippen LogP contribution in [-0.4, -0.2) is 32.1 Å². The number of nitro benzene ring substituents is 1. The molecule has 0 spiro atoms. The fraction of sp³-hybridized carbons (Fsp3) is 0.438. The number of nitrogens with one attached hydrogen (secondary N) is 1. The van der Waals surface area contributed by atoms with Gasteiger partial charge in [0.15, 0.2) is 0 Å². The number of fused-ring (bicyclic) bond motifs is 1. The first kappa shape index (κ1) is 16.1. The smallest absolute Gasteiger partial charge is 0.282 e. The molecule has 8 heteroatoms. The second-order valence-electron chi connectivity index (χ2n) is 5.77. The molecule has 0 atom stereocenters. The average molecular weight is 329 g/mol. The van der Waals surface area contributed by atoms with Crippen LogP contribution in [0.5, 0.6) is 0 Å². The lowest BCUT2D eigenvalue weighted by molar-refractivity contribution is -0.385. The van der Waals surface area contributed by atoms with Crippen LogP contribution >= 0.6 is 0 Å². The molecule has 24 heavy (non-hydrogen) atoms. The van der Waals surface area contributed by atoms with E-state index in [1.807, 2.05) is 0 Å². The molecule has 0 saturated heterocycles. The highest BCUT2D eigenvalue weighted by Crippen LogP contribution is 2.17. The van der Waals surface area contributed by atoms with Gasteiger partial charge in [0.05, 0.1) is 4.92 Å². The molecule has 3 rings (SSSR count). The number of aromatic nitrogens is 3. The number of hydrogen-bond donors (Lipinski definition) is 1. The molecule has 0 bridgehead atoms. The quantitative estimate of drug-likeness (QED) is 0.666. The number of benzene rings is 1. The lowest BCUT2D eigenvalue weighted by Gasteiger charge is -2.08. The van der Waals surface area contributed by atoms with Gasteiger partial charge in [-0.1, -0.05) is 18.6 Å². The molecule has 1 aromatic heterocycles. The Kier molecular flexibility index (Phi) is 4.83. The molecule has 0 aliphatic carbocycles. The minimum Gasteiger partial charge on any atom is -0.351 e. The predicted octanol–water partition coefficient (Wildman–Crippen LogP) is 1.89. The van der Waals surface area contributed by atoms with Crippen molar-refractivity contribution in [2.45, 2.75) is 38.6 Å². The molecule has 0 unspecified atom stereocenters. The largest absolute Gasteiger partial charge is 0.351 e. The molecule has 1 aliphatic heterocycles. The average Bonchev–Trinajstić information content (AvgIpc) is 2.81. The van der Waals surface area contributed by atoms with Gasteiger partial charge in [0.25, 0.3) is 11.6 Å². The summed E-state index contributed by atoms with van der Waals surface area (Å²) in [7, 11) is 0. The van der Waals surface area contributed by atoms with Gasteiger partial charge in [-0.25, -0.2) is 0 Å². The van der Waals surface area contributed by atoms with Gasteiger partial charge in [0.1, 0.15) is 17.2 Å². The van der Waals surface area contributed by atoms with Crippen molar-refractivity contribution in [3.8, 4) is 0 Å². The van der Waals surface area contributed by atoms with Crippen molar-refractivity contribution in [3.63, 3.8) is 0 Å². The van der Waals surface area contributed by atoms with Crippen molar-refractivity contribution in [2.75, 3.05) is 6.54 Å². The first-order valence-electron chi connectivity index (χ1n) is 8.09. The highest BCUT2D eigenvalue weighted by atomic mass is 16.6. The third kappa shape index (κ3) is 3.42. The Bertz CT molecular complexity index is 756. The number of hydrogen-bond acceptors (Lipinski definition) is 5. The number of nitrogens with zero attached hydrogens (tertiary/aromatic N) is 4. The number of amides is 1. The monoisotopic (exact) mass is 329 g/mol. The topological polar surface area (TPSA) is 103 Å². The third-order valence-electron chi connectivity index (χ3n) is 4.17. The number of carbonyl (C=O) groups excluding carboxylic acids is 1. The minimum atomic E-state index is -0.548. The van der Waals surface area contributed by atoms with E-state index in [4.69, 9.17) is 0 Å². The molecule has 2 heterocycles. The number of carbonyl (C=O) groups is 1. The number of nitro groups is 1. The molecule has 1 amide bonds. The Balaban J connectivity index is 1.62. The Morgan fingerprint density at radius 3 is 2.92 bits per heavy atom. The van der Waals surface area contributed by atoms with E-state index in [2.05, 4.69) is 20.1 Å². The van der Waals surface area contributed by atoms with Crippen LogP contribution in [0.3, 0.4) is 0 Å². The molecular formula is C16H19N5O3. The van der Waals surface area contributed by atoms with Gasteiger partial charge >= 0.3 is 0 Å². The van der Waals surface area contributed by atoms with Crippen LogP contribution in [0.25, 0.3) is 0 Å². The van der Waals surface area contributed by atoms with Crippen LogP contribution < -0.4 is 5.32 Å². The summed E-state index contributed by atoms with van der Waals surface area (Å²) < 4.78 is 2.13. The molecule has 1 N–H and O–H groups in total. The van der Waals surface area contributed by atoms with Crippen LogP contribution in [0.1, 0.15) is 41.3 Å². The van der Waals surface area contributed by atoms with Gasteiger partial charge in [-0.2, -0.15) is 0 Å². The summed E-state index contributed by atoms with van der Waals surface area (Å²) in [5.41, 5.74) is -0.117. The van der Waals surface area contributed by atoms with E-state index in [0.29, 0.717) is 13.0 Å². The molecule has 0 saturated carbocycles. The Morgan fingerprint density at radius 1 is 1.25 bits per heavy atom. The molecule has 8 nitrogen and oxygen atoms in total. The zero-order valence-electron chi connectivity index (χ0n) is 13.3. The van der Waals surface area contributed by atoms with Gasteiger partial charge < -0.3 is 9.88 Å². The number of para-hydroxylation sites is 1.